The molecule has 0 saturated heterocycles. The predicted molar refractivity (Wildman–Crippen MR) is 62.6 cm³/mol. The summed E-state index contributed by atoms with van der Waals surface area (Å²) in [5, 5.41) is 2.66. The van der Waals surface area contributed by atoms with Crippen molar-refractivity contribution in [3.8, 4) is 0 Å². The third-order valence-electron chi connectivity index (χ3n) is 2.29. The van der Waals surface area contributed by atoms with E-state index >= 15 is 0 Å². The minimum atomic E-state index is -0.547. The number of nitrogens with two attached hydrogens (primary N) is 1. The van der Waals surface area contributed by atoms with Gasteiger partial charge >= 0.3 is 0 Å². The van der Waals surface area contributed by atoms with Gasteiger partial charge in [-0.25, -0.2) is 4.39 Å². The second kappa shape index (κ2) is 6.32. The van der Waals surface area contributed by atoms with Gasteiger partial charge < -0.3 is 15.8 Å². The molecule has 0 fully saturated rings. The Morgan fingerprint density at radius 3 is 2.88 bits per heavy atom. The fourth-order valence-electron chi connectivity index (χ4n) is 1.35. The molecule has 5 heteroatoms. The molecule has 94 valence electrons. The van der Waals surface area contributed by atoms with E-state index in [2.05, 4.69) is 5.32 Å². The van der Waals surface area contributed by atoms with Crippen molar-refractivity contribution in [3.05, 3.63) is 35.1 Å². The number of benzene rings is 1. The highest BCUT2D eigenvalue weighted by atomic mass is 19.1. The lowest BCUT2D eigenvalue weighted by molar-refractivity contribution is -0.122. The van der Waals surface area contributed by atoms with Gasteiger partial charge in [0, 0.05) is 19.2 Å². The summed E-state index contributed by atoms with van der Waals surface area (Å²) in [6, 6.07) is 4.10. The number of amides is 1. The molecule has 1 aromatic rings. The molecule has 0 radical (unpaired) electrons. The lowest BCUT2D eigenvalue weighted by Crippen LogP contribution is -2.37. The van der Waals surface area contributed by atoms with Gasteiger partial charge in [-0.1, -0.05) is 6.07 Å². The second-order valence-electron chi connectivity index (χ2n) is 3.87. The van der Waals surface area contributed by atoms with Crippen molar-refractivity contribution in [1.82, 2.24) is 5.32 Å². The van der Waals surface area contributed by atoms with E-state index in [1.54, 1.807) is 19.1 Å². The molecule has 4 nitrogen and oxygen atoms in total. The molecule has 0 aliphatic carbocycles. The summed E-state index contributed by atoms with van der Waals surface area (Å²) in [6.45, 7) is 2.15. The Hall–Kier alpha value is -1.46. The molecule has 0 aliphatic rings. The third kappa shape index (κ3) is 4.13. The largest absolute Gasteiger partial charge is 0.380 e. The predicted octanol–water partition coefficient (Wildman–Crippen LogP) is 0.936. The first-order valence-corrected chi connectivity index (χ1v) is 5.34. The average Bonchev–Trinajstić information content (AvgIpc) is 2.29. The van der Waals surface area contributed by atoms with Crippen LogP contribution < -0.4 is 11.1 Å². The van der Waals surface area contributed by atoms with E-state index in [-0.39, 0.29) is 18.3 Å². The molecule has 0 saturated carbocycles. The van der Waals surface area contributed by atoms with Crippen LogP contribution >= 0.6 is 0 Å². The number of methoxy groups -OCH3 is 1. The van der Waals surface area contributed by atoms with Crippen LogP contribution in [0.25, 0.3) is 0 Å². The number of nitrogens with one attached hydrogen (secondary N) is 1. The van der Waals surface area contributed by atoms with Crippen LogP contribution in [0.2, 0.25) is 0 Å². The number of hydrogen-bond acceptors (Lipinski definition) is 3. The van der Waals surface area contributed by atoms with Crippen LogP contribution in [0.4, 0.5) is 4.39 Å². The molecule has 0 heterocycles. The third-order valence-corrected chi connectivity index (χ3v) is 2.29. The SMILES string of the molecule is COCc1cc(CNC(=O)[C@H](C)N)ccc1F. The van der Waals surface area contributed by atoms with Crippen molar-refractivity contribution in [2.45, 2.75) is 26.1 Å². The summed E-state index contributed by atoms with van der Waals surface area (Å²) in [5.41, 5.74) is 6.69. The van der Waals surface area contributed by atoms with Gasteiger partial charge in [0.15, 0.2) is 0 Å². The van der Waals surface area contributed by atoms with E-state index in [9.17, 15) is 9.18 Å². The van der Waals surface area contributed by atoms with Crippen molar-refractivity contribution in [3.63, 3.8) is 0 Å². The number of halogens is 1. The van der Waals surface area contributed by atoms with Crippen LogP contribution in [0, 0.1) is 5.82 Å². The number of ether oxygens (including phenoxy) is 1. The topological polar surface area (TPSA) is 64.3 Å². The van der Waals surface area contributed by atoms with Gasteiger partial charge in [-0.2, -0.15) is 0 Å². The van der Waals surface area contributed by atoms with Crippen molar-refractivity contribution in [2.24, 2.45) is 5.73 Å². The molecule has 1 rings (SSSR count). The monoisotopic (exact) mass is 240 g/mol. The van der Waals surface area contributed by atoms with Gasteiger partial charge in [-0.05, 0) is 24.6 Å². The molecule has 1 aromatic carbocycles. The summed E-state index contributed by atoms with van der Waals surface area (Å²) in [5.74, 6) is -0.545. The van der Waals surface area contributed by atoms with E-state index in [0.717, 1.165) is 5.56 Å². The molecular weight excluding hydrogens is 223 g/mol. The first-order valence-electron chi connectivity index (χ1n) is 5.34. The summed E-state index contributed by atoms with van der Waals surface area (Å²) < 4.78 is 18.2. The maximum Gasteiger partial charge on any atom is 0.236 e. The standard InChI is InChI=1S/C12H17FN2O2/c1-8(14)12(16)15-6-9-3-4-11(13)10(5-9)7-17-2/h3-5,8H,6-7,14H2,1-2H3,(H,15,16)/t8-/m0/s1. The summed E-state index contributed by atoms with van der Waals surface area (Å²) >= 11 is 0. The smallest absolute Gasteiger partial charge is 0.236 e. The van der Waals surface area contributed by atoms with Crippen LogP contribution in [-0.4, -0.2) is 19.1 Å². The number of carbonyl (C=O) groups excluding carboxylic acids is 1. The zero-order valence-corrected chi connectivity index (χ0v) is 10.00. The highest BCUT2D eigenvalue weighted by Crippen LogP contribution is 2.11. The Morgan fingerprint density at radius 1 is 1.59 bits per heavy atom. The normalized spacial score (nSPS) is 12.2. The van der Waals surface area contributed by atoms with Gasteiger partial charge in [-0.3, -0.25) is 4.79 Å². The molecule has 0 bridgehead atoms. The minimum absolute atomic E-state index is 0.209. The Morgan fingerprint density at radius 2 is 2.29 bits per heavy atom. The maximum absolute atomic E-state index is 13.3. The Labute approximate surface area is 100.0 Å². The van der Waals surface area contributed by atoms with Gasteiger partial charge in [0.25, 0.3) is 0 Å². The lowest BCUT2D eigenvalue weighted by atomic mass is 10.1. The van der Waals surface area contributed by atoms with Crippen molar-refractivity contribution < 1.29 is 13.9 Å². The lowest BCUT2D eigenvalue weighted by Gasteiger charge is -2.09. The van der Waals surface area contributed by atoms with E-state index in [0.29, 0.717) is 12.1 Å². The Kier molecular flexibility index (Phi) is 5.06. The summed E-state index contributed by atoms with van der Waals surface area (Å²) in [7, 11) is 1.50. The molecule has 0 unspecified atom stereocenters. The maximum atomic E-state index is 13.3. The van der Waals surface area contributed by atoms with Crippen LogP contribution in [0.3, 0.4) is 0 Å². The van der Waals surface area contributed by atoms with Gasteiger partial charge in [0.2, 0.25) is 5.91 Å². The van der Waals surface area contributed by atoms with Crippen LogP contribution in [0.5, 0.6) is 0 Å². The highest BCUT2D eigenvalue weighted by Gasteiger charge is 2.07. The Balaban J connectivity index is 2.66. The molecule has 0 spiro atoms. The molecule has 1 atom stereocenters. The van der Waals surface area contributed by atoms with Crippen LogP contribution in [0.1, 0.15) is 18.1 Å². The average molecular weight is 240 g/mol. The van der Waals surface area contributed by atoms with E-state index in [1.165, 1.54) is 13.2 Å². The molecule has 1 amide bonds. The van der Waals surface area contributed by atoms with Gasteiger partial charge in [0.1, 0.15) is 5.82 Å². The molecule has 0 aromatic heterocycles. The van der Waals surface area contributed by atoms with E-state index in [1.807, 2.05) is 0 Å². The first-order chi connectivity index (χ1) is 8.04. The van der Waals surface area contributed by atoms with Crippen molar-refractivity contribution >= 4 is 5.91 Å². The fraction of sp³-hybridized carbons (Fsp3) is 0.417. The molecular formula is C12H17FN2O2. The van der Waals surface area contributed by atoms with Gasteiger partial charge in [-0.15, -0.1) is 0 Å². The molecule has 0 aliphatic heterocycles. The fourth-order valence-corrected chi connectivity index (χ4v) is 1.35. The van der Waals surface area contributed by atoms with E-state index in [4.69, 9.17) is 10.5 Å². The van der Waals surface area contributed by atoms with Crippen molar-refractivity contribution in [1.29, 1.82) is 0 Å². The number of carbonyl (C=O) groups is 1. The zero-order chi connectivity index (χ0) is 12.8. The Bertz CT molecular complexity index is 394. The van der Waals surface area contributed by atoms with Crippen LogP contribution in [0.15, 0.2) is 18.2 Å². The zero-order valence-electron chi connectivity index (χ0n) is 10.00. The molecule has 3 N–H and O–H groups in total. The number of rotatable bonds is 5. The van der Waals surface area contributed by atoms with Crippen LogP contribution in [-0.2, 0) is 22.7 Å². The van der Waals surface area contributed by atoms with Gasteiger partial charge in [0.05, 0.1) is 12.6 Å². The number of hydrogen-bond donors (Lipinski definition) is 2. The molecule has 17 heavy (non-hydrogen) atoms. The quantitative estimate of drug-likeness (QED) is 0.805. The highest BCUT2D eigenvalue weighted by molar-refractivity contribution is 5.80. The van der Waals surface area contributed by atoms with Crippen molar-refractivity contribution in [2.75, 3.05) is 7.11 Å². The summed E-state index contributed by atoms with van der Waals surface area (Å²) in [4.78, 5) is 11.3. The second-order valence-corrected chi connectivity index (χ2v) is 3.87. The summed E-state index contributed by atoms with van der Waals surface area (Å²) in [6.07, 6.45) is 0. The first kappa shape index (κ1) is 13.6. The van der Waals surface area contributed by atoms with E-state index < -0.39 is 6.04 Å². The minimum Gasteiger partial charge on any atom is -0.380 e.